The number of hydrazone groups is 1. The van der Waals surface area contributed by atoms with E-state index in [9.17, 15) is 14.9 Å². The summed E-state index contributed by atoms with van der Waals surface area (Å²) >= 11 is 0. The second kappa shape index (κ2) is 11.8. The Hall–Kier alpha value is -5.01. The van der Waals surface area contributed by atoms with Crippen LogP contribution in [0.2, 0.25) is 0 Å². The topological polar surface area (TPSA) is 174 Å². The number of aromatic nitrogens is 4. The van der Waals surface area contributed by atoms with Gasteiger partial charge in [-0.15, -0.1) is 0 Å². The van der Waals surface area contributed by atoms with Crippen LogP contribution in [-0.4, -0.2) is 63.1 Å². The maximum Gasteiger partial charge on any atom is 0.293 e. The zero-order valence-corrected chi connectivity index (χ0v) is 23.1. The van der Waals surface area contributed by atoms with Crippen LogP contribution in [0.5, 0.6) is 0 Å². The average Bonchev–Trinajstić information content (AvgIpc) is 3.60. The van der Waals surface area contributed by atoms with E-state index in [4.69, 9.17) is 10.4 Å². The molecule has 2 aliphatic heterocycles. The fourth-order valence-electron chi connectivity index (χ4n) is 5.75. The number of imidazole rings is 1. The van der Waals surface area contributed by atoms with Crippen molar-refractivity contribution in [2.24, 2.45) is 5.10 Å². The van der Waals surface area contributed by atoms with Gasteiger partial charge in [0.2, 0.25) is 0 Å². The monoisotopic (exact) mass is 572 g/mol. The molecule has 0 saturated carbocycles. The number of benzene rings is 2. The van der Waals surface area contributed by atoms with Gasteiger partial charge in [0.05, 0.1) is 22.2 Å². The molecule has 2 aromatic carbocycles. The summed E-state index contributed by atoms with van der Waals surface area (Å²) in [5.41, 5.74) is 12.2. The Balaban J connectivity index is 1.28. The van der Waals surface area contributed by atoms with Gasteiger partial charge in [-0.1, -0.05) is 12.1 Å². The molecule has 0 bridgehead atoms. The Morgan fingerprint density at radius 2 is 1.71 bits per heavy atom. The number of nitro groups is 1. The van der Waals surface area contributed by atoms with Crippen LogP contribution in [0, 0.1) is 10.1 Å². The molecule has 6 rings (SSSR count). The molecule has 0 unspecified atom stereocenters. The van der Waals surface area contributed by atoms with Crippen molar-refractivity contribution in [2.45, 2.75) is 45.1 Å². The third-order valence-electron chi connectivity index (χ3n) is 7.79. The highest BCUT2D eigenvalue weighted by atomic mass is 16.6. The number of amides is 1. The van der Waals surface area contributed by atoms with Gasteiger partial charge in [-0.2, -0.15) is 5.10 Å². The third-order valence-corrected chi connectivity index (χ3v) is 7.79. The van der Waals surface area contributed by atoms with Crippen molar-refractivity contribution < 1.29 is 14.3 Å². The molecule has 0 aliphatic carbocycles. The van der Waals surface area contributed by atoms with Crippen LogP contribution in [-0.2, 0) is 11.3 Å². The first-order valence-electron chi connectivity index (χ1n) is 14.2. The zero-order valence-electron chi connectivity index (χ0n) is 23.1. The predicted octanol–water partition coefficient (Wildman–Crippen LogP) is 3.71. The predicted molar refractivity (Wildman–Crippen MR) is 158 cm³/mol. The smallest absolute Gasteiger partial charge is 0.293 e. The molecule has 42 heavy (non-hydrogen) atoms. The van der Waals surface area contributed by atoms with E-state index in [0.717, 1.165) is 70.4 Å². The normalized spacial score (nSPS) is 15.9. The molecule has 4 heterocycles. The van der Waals surface area contributed by atoms with Crippen LogP contribution in [0.25, 0.3) is 22.6 Å². The average molecular weight is 573 g/mol. The first kappa shape index (κ1) is 27.2. The number of carbonyl (C=O) groups is 1. The summed E-state index contributed by atoms with van der Waals surface area (Å²) < 4.78 is 6.41. The van der Waals surface area contributed by atoms with Gasteiger partial charge < -0.3 is 20.1 Å². The zero-order chi connectivity index (χ0) is 29.1. The summed E-state index contributed by atoms with van der Waals surface area (Å²) in [5, 5.41) is 23.8. The van der Waals surface area contributed by atoms with Crippen molar-refractivity contribution >= 4 is 46.0 Å². The lowest BCUT2D eigenvalue weighted by molar-refractivity contribution is -0.384. The maximum atomic E-state index is 13.1. The van der Waals surface area contributed by atoms with Crippen molar-refractivity contribution in [2.75, 3.05) is 41.7 Å². The fraction of sp³-hybridized carbons (Fsp3) is 0.393. The number of carbonyl (C=O) groups excluding carboxylic acids is 1. The molecule has 4 aromatic rings. The van der Waals surface area contributed by atoms with Crippen LogP contribution in [0.15, 0.2) is 46.1 Å². The van der Waals surface area contributed by atoms with E-state index < -0.39 is 5.91 Å². The largest absolute Gasteiger partial charge is 0.379 e. The first-order chi connectivity index (χ1) is 20.5. The Bertz CT molecular complexity index is 1630. The van der Waals surface area contributed by atoms with Gasteiger partial charge in [-0.05, 0) is 67.0 Å². The van der Waals surface area contributed by atoms with E-state index in [1.165, 1.54) is 6.21 Å². The van der Waals surface area contributed by atoms with E-state index in [1.807, 2.05) is 30.3 Å². The summed E-state index contributed by atoms with van der Waals surface area (Å²) in [6, 6.07) is 10.8. The van der Waals surface area contributed by atoms with Gasteiger partial charge in [0.1, 0.15) is 12.2 Å². The molecular formula is C28H32N10O4. The molecule has 2 aromatic heterocycles. The number of nitrogen functional groups attached to an aromatic ring is 1. The molecule has 2 saturated heterocycles. The van der Waals surface area contributed by atoms with Crippen LogP contribution in [0.1, 0.15) is 44.1 Å². The summed E-state index contributed by atoms with van der Waals surface area (Å²) in [7, 11) is 0. The highest BCUT2D eigenvalue weighted by molar-refractivity contribution is 5.93. The number of nitrogens with two attached hydrogens (primary N) is 1. The molecule has 2 fully saturated rings. The van der Waals surface area contributed by atoms with Gasteiger partial charge in [-0.3, -0.25) is 14.9 Å². The number of para-hydroxylation sites is 2. The number of fused-ring (bicyclic) bond motifs is 1. The van der Waals surface area contributed by atoms with E-state index >= 15 is 0 Å². The summed E-state index contributed by atoms with van der Waals surface area (Å²) in [6.45, 7) is 3.18. The minimum Gasteiger partial charge on any atom is -0.379 e. The van der Waals surface area contributed by atoms with Crippen molar-refractivity contribution in [3.63, 3.8) is 0 Å². The highest BCUT2D eigenvalue weighted by Gasteiger charge is 2.26. The Labute approximate surface area is 241 Å². The molecule has 14 nitrogen and oxygen atoms in total. The van der Waals surface area contributed by atoms with Crippen LogP contribution < -0.4 is 21.0 Å². The summed E-state index contributed by atoms with van der Waals surface area (Å²) in [5.74, 6) is -0.0279. The highest BCUT2D eigenvalue weighted by Crippen LogP contribution is 2.37. The number of anilines is 3. The summed E-state index contributed by atoms with van der Waals surface area (Å²) in [6.07, 6.45) is 7.90. The van der Waals surface area contributed by atoms with E-state index in [0.29, 0.717) is 28.1 Å². The lowest BCUT2D eigenvalue weighted by Crippen LogP contribution is -2.32. The van der Waals surface area contributed by atoms with Gasteiger partial charge in [0.15, 0.2) is 17.3 Å². The molecule has 14 heteroatoms. The molecule has 0 radical (unpaired) electrons. The second-order valence-corrected chi connectivity index (χ2v) is 10.6. The van der Waals surface area contributed by atoms with E-state index in [-0.39, 0.29) is 28.7 Å². The minimum absolute atomic E-state index is 0.0405. The summed E-state index contributed by atoms with van der Waals surface area (Å²) in [4.78, 5) is 33.8. The van der Waals surface area contributed by atoms with Crippen molar-refractivity contribution in [3.05, 3.63) is 52.1 Å². The molecular weight excluding hydrogens is 540 g/mol. The molecule has 1 amide bonds. The molecule has 0 spiro atoms. The van der Waals surface area contributed by atoms with Crippen molar-refractivity contribution in [1.82, 2.24) is 25.3 Å². The number of piperidine rings is 2. The standard InChI is InChI=1S/C28H32N10O4/c29-27-26(33-42-34-27)28-31-20-9-3-4-10-21(20)37(28)18-25(39)32-30-17-19-15-24(38(40)41)23(36-13-7-2-8-14-36)16-22(19)35-11-5-1-6-12-35/h3-4,9-10,15-17H,1-2,5-8,11-14,18H2,(H2,29,34)(H,32,39). The van der Waals surface area contributed by atoms with Gasteiger partial charge in [0, 0.05) is 43.5 Å². The number of nitro benzene ring substituents is 1. The first-order valence-corrected chi connectivity index (χ1v) is 14.2. The number of rotatable bonds is 8. The maximum absolute atomic E-state index is 13.1. The van der Waals surface area contributed by atoms with E-state index in [2.05, 4.69) is 35.6 Å². The van der Waals surface area contributed by atoms with Crippen LogP contribution in [0.4, 0.5) is 22.9 Å². The van der Waals surface area contributed by atoms with Crippen LogP contribution >= 0.6 is 0 Å². The molecule has 218 valence electrons. The van der Waals surface area contributed by atoms with Crippen molar-refractivity contribution in [3.8, 4) is 11.5 Å². The SMILES string of the molecule is Nc1nonc1-c1nc2ccccc2n1CC(=O)NN=Cc1cc([N+](=O)[O-])c(N2CCCCC2)cc1N1CCCCC1. The quantitative estimate of drug-likeness (QED) is 0.180. The fourth-order valence-corrected chi connectivity index (χ4v) is 5.75. The molecule has 2 aliphatic rings. The second-order valence-electron chi connectivity index (χ2n) is 10.6. The van der Waals surface area contributed by atoms with Crippen LogP contribution in [0.3, 0.4) is 0 Å². The van der Waals surface area contributed by atoms with Gasteiger partial charge in [-0.25, -0.2) is 15.0 Å². The minimum atomic E-state index is -0.426. The molecule has 3 N–H and O–H groups in total. The Morgan fingerprint density at radius 1 is 1.02 bits per heavy atom. The lowest BCUT2D eigenvalue weighted by atomic mass is 10.0. The van der Waals surface area contributed by atoms with Crippen molar-refractivity contribution in [1.29, 1.82) is 0 Å². The molecule has 0 atom stereocenters. The third kappa shape index (κ3) is 5.47. The lowest BCUT2D eigenvalue weighted by Gasteiger charge is -2.33. The number of nitrogens with one attached hydrogen (secondary N) is 1. The number of nitrogens with zero attached hydrogens (tertiary/aromatic N) is 8. The Kier molecular flexibility index (Phi) is 7.66. The number of hydrogen-bond acceptors (Lipinski definition) is 11. The van der Waals surface area contributed by atoms with E-state index in [1.54, 1.807) is 10.6 Å². The Morgan fingerprint density at radius 3 is 2.38 bits per heavy atom. The van der Waals surface area contributed by atoms with Gasteiger partial charge in [0.25, 0.3) is 11.6 Å². The van der Waals surface area contributed by atoms with Gasteiger partial charge >= 0.3 is 0 Å². The number of hydrogen-bond donors (Lipinski definition) is 2.